The summed E-state index contributed by atoms with van der Waals surface area (Å²) in [6, 6.07) is 9.82. The second kappa shape index (κ2) is 7.43. The van der Waals surface area contributed by atoms with Gasteiger partial charge in [-0.05, 0) is 48.2 Å². The van der Waals surface area contributed by atoms with Gasteiger partial charge in [0.25, 0.3) is 0 Å². The lowest BCUT2D eigenvalue weighted by atomic mass is 9.60. The van der Waals surface area contributed by atoms with E-state index in [4.69, 9.17) is 5.73 Å². The number of anilines is 2. The summed E-state index contributed by atoms with van der Waals surface area (Å²) in [4.78, 5) is 28.6. The Balaban J connectivity index is 1.88. The van der Waals surface area contributed by atoms with Crippen LogP contribution in [0.25, 0.3) is 0 Å². The molecule has 0 radical (unpaired) electrons. The first kappa shape index (κ1) is 23.6. The molecule has 0 saturated heterocycles. The third-order valence-corrected chi connectivity index (χ3v) is 6.89. The summed E-state index contributed by atoms with van der Waals surface area (Å²) in [5.74, 6) is -2.20. The van der Waals surface area contributed by atoms with E-state index in [1.54, 1.807) is 0 Å². The molecule has 0 saturated carbocycles. The summed E-state index contributed by atoms with van der Waals surface area (Å²) in [6.45, 7) is 3.63. The Morgan fingerprint density at radius 2 is 1.83 bits per heavy atom. The van der Waals surface area contributed by atoms with E-state index in [9.17, 15) is 32.4 Å². The fourth-order valence-electron chi connectivity index (χ4n) is 5.51. The molecular weight excluding hydrogens is 476 g/mol. The van der Waals surface area contributed by atoms with Gasteiger partial charge in [0, 0.05) is 34.6 Å². The van der Waals surface area contributed by atoms with Crippen LogP contribution in [0.1, 0.15) is 37.8 Å². The van der Waals surface area contributed by atoms with Crippen molar-refractivity contribution in [2.45, 2.75) is 38.3 Å². The van der Waals surface area contributed by atoms with Gasteiger partial charge in [-0.15, -0.1) is 0 Å². The van der Waals surface area contributed by atoms with Gasteiger partial charge >= 0.3 is 6.18 Å². The van der Waals surface area contributed by atoms with Crippen LogP contribution >= 0.6 is 0 Å². The topological polar surface area (TPSA) is 99.2 Å². The van der Waals surface area contributed by atoms with Gasteiger partial charge < -0.3 is 11.1 Å². The van der Waals surface area contributed by atoms with Crippen molar-refractivity contribution in [1.82, 2.24) is 0 Å². The number of rotatable bonds is 1. The maximum Gasteiger partial charge on any atom is 0.416 e. The van der Waals surface area contributed by atoms with Gasteiger partial charge in [-0.1, -0.05) is 19.9 Å². The Morgan fingerprint density at radius 1 is 1.11 bits per heavy atom. The molecule has 2 heterocycles. The van der Waals surface area contributed by atoms with E-state index >= 15 is 0 Å². The summed E-state index contributed by atoms with van der Waals surface area (Å²) in [6.07, 6.45) is -4.46. The van der Waals surface area contributed by atoms with E-state index in [0.29, 0.717) is 0 Å². The summed E-state index contributed by atoms with van der Waals surface area (Å²) in [5.41, 5.74) is 2.93. The van der Waals surface area contributed by atoms with Gasteiger partial charge in [0.05, 0.1) is 11.1 Å². The van der Waals surface area contributed by atoms with E-state index in [1.165, 1.54) is 23.1 Å². The lowest BCUT2D eigenvalue weighted by Gasteiger charge is -2.46. The van der Waals surface area contributed by atoms with Crippen LogP contribution in [0.15, 0.2) is 65.1 Å². The minimum Gasteiger partial charge on any atom is -0.384 e. The number of carbonyl (C=O) groups is 2. The van der Waals surface area contributed by atoms with Gasteiger partial charge in [-0.3, -0.25) is 14.5 Å². The predicted octanol–water partition coefficient (Wildman–Crippen LogP) is 4.89. The normalized spacial score (nSPS) is 23.0. The standard InChI is InChI=1S/C26H20F4N4O2/c1-24(2)10-19-21(20(35)11-24)25(16-9-14(27)6-7-18(16)33-23(25)36)17(12-31)22(32)34(19)15-5-3-4-13(8-15)26(28,29)30/h3-9H,10-11,32H2,1-2H3,(H,33,36). The number of nitrogens with two attached hydrogens (primary N) is 1. The van der Waals surface area contributed by atoms with Crippen molar-refractivity contribution in [3.63, 3.8) is 0 Å². The number of allylic oxidation sites excluding steroid dienone is 1. The summed E-state index contributed by atoms with van der Waals surface area (Å²) < 4.78 is 55.0. The number of ketones is 1. The Kier molecular flexibility index (Phi) is 4.87. The molecule has 1 spiro atoms. The molecule has 0 fully saturated rings. The molecule has 2 aromatic carbocycles. The van der Waals surface area contributed by atoms with E-state index in [-0.39, 0.29) is 52.4 Å². The number of fused-ring (bicyclic) bond motifs is 3. The van der Waals surface area contributed by atoms with Crippen LogP contribution in [0.3, 0.4) is 0 Å². The highest BCUT2D eigenvalue weighted by Crippen LogP contribution is 2.57. The fourth-order valence-corrected chi connectivity index (χ4v) is 5.51. The lowest BCUT2D eigenvalue weighted by molar-refractivity contribution is -0.137. The largest absolute Gasteiger partial charge is 0.416 e. The number of hydrogen-bond donors (Lipinski definition) is 2. The molecule has 3 aliphatic rings. The van der Waals surface area contributed by atoms with Gasteiger partial charge in [-0.2, -0.15) is 18.4 Å². The number of nitriles is 1. The van der Waals surface area contributed by atoms with E-state index in [2.05, 4.69) is 5.32 Å². The lowest BCUT2D eigenvalue weighted by Crippen LogP contribution is -2.52. The number of Topliss-reactive ketones (excluding diaryl/α,β-unsaturated/α-hetero) is 1. The first-order chi connectivity index (χ1) is 16.8. The summed E-state index contributed by atoms with van der Waals surface area (Å²) >= 11 is 0. The molecule has 10 heteroatoms. The highest BCUT2D eigenvalue weighted by Gasteiger charge is 2.61. The monoisotopic (exact) mass is 496 g/mol. The zero-order valence-electron chi connectivity index (χ0n) is 19.3. The number of benzene rings is 2. The van der Waals surface area contributed by atoms with Crippen LogP contribution in [0, 0.1) is 22.6 Å². The Bertz CT molecular complexity index is 1470. The van der Waals surface area contributed by atoms with Gasteiger partial charge in [0.15, 0.2) is 5.78 Å². The average molecular weight is 496 g/mol. The highest BCUT2D eigenvalue weighted by atomic mass is 19.4. The number of alkyl halides is 3. The van der Waals surface area contributed by atoms with Crippen molar-refractivity contribution >= 4 is 23.1 Å². The van der Waals surface area contributed by atoms with Crippen LogP contribution in [-0.4, -0.2) is 11.7 Å². The van der Waals surface area contributed by atoms with Gasteiger partial charge in [0.1, 0.15) is 23.1 Å². The molecule has 1 atom stereocenters. The average Bonchev–Trinajstić information content (AvgIpc) is 3.04. The van der Waals surface area contributed by atoms with Crippen molar-refractivity contribution in [1.29, 1.82) is 5.26 Å². The molecule has 2 aromatic rings. The number of amides is 1. The van der Waals surface area contributed by atoms with Gasteiger partial charge in [-0.25, -0.2) is 4.39 Å². The van der Waals surface area contributed by atoms with Crippen LogP contribution in [-0.2, 0) is 21.2 Å². The Hall–Kier alpha value is -4.13. The smallest absolute Gasteiger partial charge is 0.384 e. The van der Waals surface area contributed by atoms with Crippen molar-refractivity contribution in [2.24, 2.45) is 11.1 Å². The van der Waals surface area contributed by atoms with E-state index in [1.807, 2.05) is 19.9 Å². The number of hydrogen-bond acceptors (Lipinski definition) is 5. The number of nitrogens with zero attached hydrogens (tertiary/aromatic N) is 2. The maximum absolute atomic E-state index is 14.4. The first-order valence-corrected chi connectivity index (χ1v) is 11.1. The van der Waals surface area contributed by atoms with Crippen molar-refractivity contribution in [2.75, 3.05) is 10.2 Å². The van der Waals surface area contributed by atoms with Crippen molar-refractivity contribution < 1.29 is 27.2 Å². The third-order valence-electron chi connectivity index (χ3n) is 6.89. The summed E-state index contributed by atoms with van der Waals surface area (Å²) in [7, 11) is 0. The quantitative estimate of drug-likeness (QED) is 0.548. The van der Waals surface area contributed by atoms with Crippen molar-refractivity contribution in [3.05, 3.63) is 82.1 Å². The van der Waals surface area contributed by atoms with E-state index < -0.39 is 40.1 Å². The van der Waals surface area contributed by atoms with Crippen LogP contribution in [0.2, 0.25) is 0 Å². The maximum atomic E-state index is 14.4. The second-order valence-electron chi connectivity index (χ2n) is 9.91. The SMILES string of the molecule is CC1(C)CC(=O)C2=C(C1)N(c1cccc(C(F)(F)F)c1)C(N)=C(C#N)C21C(=O)Nc2ccc(F)cc21. The fraction of sp³-hybridized carbons (Fsp3) is 0.269. The molecule has 1 amide bonds. The van der Waals surface area contributed by atoms with Crippen molar-refractivity contribution in [3.8, 4) is 6.07 Å². The second-order valence-corrected chi connectivity index (χ2v) is 9.91. The molecule has 0 bridgehead atoms. The molecule has 36 heavy (non-hydrogen) atoms. The molecule has 1 unspecified atom stereocenters. The zero-order valence-corrected chi connectivity index (χ0v) is 19.3. The highest BCUT2D eigenvalue weighted by molar-refractivity contribution is 6.20. The van der Waals surface area contributed by atoms with Gasteiger partial charge in [0.2, 0.25) is 5.91 Å². The molecule has 0 aromatic heterocycles. The third kappa shape index (κ3) is 3.15. The molecule has 3 N–H and O–H groups in total. The van der Waals surface area contributed by atoms with Crippen LogP contribution in [0.4, 0.5) is 28.9 Å². The van der Waals surface area contributed by atoms with E-state index in [0.717, 1.165) is 24.3 Å². The Morgan fingerprint density at radius 3 is 2.50 bits per heavy atom. The predicted molar refractivity (Wildman–Crippen MR) is 123 cm³/mol. The first-order valence-electron chi connectivity index (χ1n) is 11.1. The Labute approximate surface area is 203 Å². The minimum atomic E-state index is -4.65. The molecule has 1 aliphatic carbocycles. The molecule has 6 nitrogen and oxygen atoms in total. The number of nitrogens with one attached hydrogen (secondary N) is 1. The molecule has 5 rings (SSSR count). The molecular formula is C26H20F4N4O2. The number of carbonyl (C=O) groups excluding carboxylic acids is 2. The summed E-state index contributed by atoms with van der Waals surface area (Å²) in [5, 5.41) is 12.9. The van der Waals surface area contributed by atoms with Crippen LogP contribution in [0.5, 0.6) is 0 Å². The molecule has 184 valence electrons. The number of halogens is 4. The molecule has 2 aliphatic heterocycles. The zero-order chi connectivity index (χ0) is 26.2. The van der Waals surface area contributed by atoms with Crippen LogP contribution < -0.4 is 16.0 Å². The minimum absolute atomic E-state index is 0.0132.